The van der Waals surface area contributed by atoms with Crippen LogP contribution in [0.15, 0.2) is 48.5 Å². The molecule has 5 rings (SSSR count). The van der Waals surface area contributed by atoms with Gasteiger partial charge in [0.05, 0.1) is 40.4 Å². The van der Waals surface area contributed by atoms with Crippen molar-refractivity contribution in [3.8, 4) is 22.5 Å². The van der Waals surface area contributed by atoms with Gasteiger partial charge in [0.25, 0.3) is 0 Å². The minimum Gasteiger partial charge on any atom is -0.359 e. The first kappa shape index (κ1) is 23.1. The minimum absolute atomic E-state index is 0.639. The van der Waals surface area contributed by atoms with Crippen LogP contribution in [0, 0.1) is 0 Å². The van der Waals surface area contributed by atoms with Crippen molar-refractivity contribution in [1.29, 1.82) is 0 Å². The molecule has 0 saturated heterocycles. The van der Waals surface area contributed by atoms with Crippen molar-refractivity contribution in [2.45, 2.75) is 19.3 Å². The maximum atomic E-state index is 5.11. The first-order chi connectivity index (χ1) is 16.8. The smallest absolute Gasteiger partial charge is 0.204 e. The number of fused-ring (bicyclic) bond motifs is 3. The summed E-state index contributed by atoms with van der Waals surface area (Å²) in [5, 5.41) is 12.5. The van der Waals surface area contributed by atoms with Crippen LogP contribution in [0.3, 0.4) is 0 Å². The van der Waals surface area contributed by atoms with E-state index < -0.39 is 0 Å². The van der Waals surface area contributed by atoms with E-state index in [0.717, 1.165) is 65.3 Å². The van der Waals surface area contributed by atoms with Gasteiger partial charge in [-0.05, 0) is 28.0 Å². The Hall–Kier alpha value is -3.65. The predicted octanol–water partition coefficient (Wildman–Crippen LogP) is 3.36. The number of rotatable bonds is 8. The highest BCUT2D eigenvalue weighted by molar-refractivity contribution is 5.85. The van der Waals surface area contributed by atoms with E-state index in [0.29, 0.717) is 5.82 Å². The number of hydrogen-bond donors (Lipinski definition) is 0. The van der Waals surface area contributed by atoms with Gasteiger partial charge in [-0.15, -0.1) is 10.2 Å². The molecule has 8 nitrogen and oxygen atoms in total. The van der Waals surface area contributed by atoms with Gasteiger partial charge in [0.15, 0.2) is 0 Å². The number of nitrogens with zero attached hydrogens (tertiary/aromatic N) is 8. The van der Waals surface area contributed by atoms with E-state index in [1.54, 1.807) is 7.05 Å². The third kappa shape index (κ3) is 5.07. The Labute approximate surface area is 206 Å². The van der Waals surface area contributed by atoms with Crippen LogP contribution in [-0.4, -0.2) is 75.9 Å². The highest BCUT2D eigenvalue weighted by atomic mass is 15.6. The van der Waals surface area contributed by atoms with Crippen molar-refractivity contribution in [2.24, 2.45) is 7.05 Å². The number of hydrogen-bond acceptors (Lipinski definition) is 6. The fourth-order valence-electron chi connectivity index (χ4n) is 4.67. The maximum Gasteiger partial charge on any atom is 0.204 e. The zero-order chi connectivity index (χ0) is 24.6. The zero-order valence-corrected chi connectivity index (χ0v) is 21.2. The molecule has 0 atom stereocenters. The number of benzene rings is 2. The third-order valence-corrected chi connectivity index (χ3v) is 6.40. The number of aryl methyl sites for hydroxylation is 1. The fraction of sp³-hybridized carbons (Fsp3) is 0.370. The number of tetrazole rings is 1. The highest BCUT2D eigenvalue weighted by Crippen LogP contribution is 2.42. The summed E-state index contributed by atoms with van der Waals surface area (Å²) in [6, 6.07) is 16.9. The highest BCUT2D eigenvalue weighted by Gasteiger charge is 2.27. The molecule has 0 saturated carbocycles. The Bertz CT molecular complexity index is 1340. The normalized spacial score (nSPS) is 12.5. The van der Waals surface area contributed by atoms with Crippen molar-refractivity contribution >= 4 is 5.82 Å². The molecule has 0 aliphatic heterocycles. The lowest BCUT2D eigenvalue weighted by Crippen LogP contribution is -2.37. The maximum absolute atomic E-state index is 5.11. The van der Waals surface area contributed by atoms with Crippen molar-refractivity contribution < 1.29 is 4.48 Å². The zero-order valence-electron chi connectivity index (χ0n) is 21.2. The molecule has 180 valence electrons. The van der Waals surface area contributed by atoms with Crippen LogP contribution >= 0.6 is 0 Å². The van der Waals surface area contributed by atoms with Crippen molar-refractivity contribution in [3.05, 3.63) is 71.2 Å². The lowest BCUT2D eigenvalue weighted by molar-refractivity contribution is -0.870. The molecule has 2 heterocycles. The van der Waals surface area contributed by atoms with Crippen LogP contribution in [0.1, 0.15) is 29.1 Å². The molecule has 35 heavy (non-hydrogen) atoms. The lowest BCUT2D eigenvalue weighted by atomic mass is 10.0. The molecular formula is C27H33N8+. The van der Waals surface area contributed by atoms with Gasteiger partial charge in [0, 0.05) is 44.0 Å². The number of anilines is 1. The summed E-state index contributed by atoms with van der Waals surface area (Å²) in [6.07, 6.45) is 2.60. The monoisotopic (exact) mass is 469 g/mol. The van der Waals surface area contributed by atoms with Gasteiger partial charge in [-0.3, -0.25) is 0 Å². The summed E-state index contributed by atoms with van der Waals surface area (Å²) in [5.74, 6) is 2.53. The van der Waals surface area contributed by atoms with E-state index in [2.05, 4.69) is 91.0 Å². The summed E-state index contributed by atoms with van der Waals surface area (Å²) in [6.45, 7) is 2.06. The second-order valence-electron chi connectivity index (χ2n) is 10.4. The largest absolute Gasteiger partial charge is 0.359 e. The van der Waals surface area contributed by atoms with E-state index in [1.807, 2.05) is 6.07 Å². The van der Waals surface area contributed by atoms with Gasteiger partial charge in [-0.1, -0.05) is 42.5 Å². The van der Waals surface area contributed by atoms with Gasteiger partial charge in [0.2, 0.25) is 5.82 Å². The molecule has 8 heteroatoms. The van der Waals surface area contributed by atoms with E-state index in [4.69, 9.17) is 9.97 Å². The Morgan fingerprint density at radius 1 is 1.03 bits per heavy atom. The van der Waals surface area contributed by atoms with E-state index in [9.17, 15) is 0 Å². The van der Waals surface area contributed by atoms with Crippen molar-refractivity contribution in [3.63, 3.8) is 0 Å². The Morgan fingerprint density at radius 2 is 1.83 bits per heavy atom. The van der Waals surface area contributed by atoms with Crippen LogP contribution in [0.4, 0.5) is 5.82 Å². The molecule has 0 fully saturated rings. The second-order valence-corrected chi connectivity index (χ2v) is 10.4. The molecule has 2 aromatic carbocycles. The first-order valence-electron chi connectivity index (χ1n) is 12.1. The lowest BCUT2D eigenvalue weighted by Gasteiger charge is -2.26. The Balaban J connectivity index is 1.51. The average molecular weight is 470 g/mol. The molecular weight excluding hydrogens is 436 g/mol. The molecule has 0 unspecified atom stereocenters. The van der Waals surface area contributed by atoms with E-state index >= 15 is 0 Å². The van der Waals surface area contributed by atoms with E-state index in [1.165, 1.54) is 21.5 Å². The predicted molar refractivity (Wildman–Crippen MR) is 138 cm³/mol. The quantitative estimate of drug-likeness (QED) is 0.325. The van der Waals surface area contributed by atoms with Gasteiger partial charge in [-0.2, -0.15) is 4.80 Å². The van der Waals surface area contributed by atoms with Crippen LogP contribution in [0.25, 0.3) is 22.5 Å². The average Bonchev–Trinajstić information content (AvgIpc) is 3.41. The molecule has 4 aromatic rings. The number of quaternary nitrogens is 1. The molecule has 1 aliphatic carbocycles. The summed E-state index contributed by atoms with van der Waals surface area (Å²) >= 11 is 0. The van der Waals surface area contributed by atoms with Crippen molar-refractivity contribution in [1.82, 2.24) is 30.2 Å². The molecule has 0 amide bonds. The van der Waals surface area contributed by atoms with Gasteiger partial charge < -0.3 is 9.38 Å². The van der Waals surface area contributed by atoms with Crippen LogP contribution in [0.2, 0.25) is 0 Å². The third-order valence-electron chi connectivity index (χ3n) is 6.40. The summed E-state index contributed by atoms with van der Waals surface area (Å²) in [4.78, 5) is 13.9. The van der Waals surface area contributed by atoms with E-state index in [-0.39, 0.29) is 0 Å². The van der Waals surface area contributed by atoms with Crippen LogP contribution < -0.4 is 4.90 Å². The summed E-state index contributed by atoms with van der Waals surface area (Å²) in [7, 11) is 10.6. The van der Waals surface area contributed by atoms with Crippen molar-refractivity contribution in [2.75, 3.05) is 46.2 Å². The molecule has 0 N–H and O–H groups in total. The molecule has 0 bridgehead atoms. The standard InChI is InChI=1S/C27H33N8/c1-33(14-9-15-35(3,4)5)27-25-22-13-12-20(26-30-32-34(2)31-26)17-21(22)18-23(25)28-24(29-27)16-19-10-7-6-8-11-19/h6-8,10-13,17H,9,14-16,18H2,1-5H3/q+1. The van der Waals surface area contributed by atoms with Gasteiger partial charge in [0.1, 0.15) is 11.6 Å². The molecule has 0 spiro atoms. The minimum atomic E-state index is 0.639. The topological polar surface area (TPSA) is 72.6 Å². The summed E-state index contributed by atoms with van der Waals surface area (Å²) < 4.78 is 0.955. The molecule has 0 radical (unpaired) electrons. The first-order valence-corrected chi connectivity index (χ1v) is 12.1. The summed E-state index contributed by atoms with van der Waals surface area (Å²) in [5.41, 5.74) is 6.88. The Morgan fingerprint density at radius 3 is 2.54 bits per heavy atom. The number of aromatic nitrogens is 6. The Kier molecular flexibility index (Phi) is 6.06. The second kappa shape index (κ2) is 9.19. The molecule has 1 aliphatic rings. The fourth-order valence-corrected chi connectivity index (χ4v) is 4.67. The van der Waals surface area contributed by atoms with Crippen LogP contribution in [-0.2, 0) is 19.9 Å². The SMILES string of the molecule is CN(CCC[N+](C)(C)C)c1nc(Cc2ccccc2)nc2c1-c1ccc(-c3nnn(C)n3)cc1C2. The molecule has 2 aromatic heterocycles. The van der Waals surface area contributed by atoms with Crippen LogP contribution in [0.5, 0.6) is 0 Å². The van der Waals surface area contributed by atoms with Gasteiger partial charge >= 0.3 is 0 Å². The van der Waals surface area contributed by atoms with Gasteiger partial charge in [-0.25, -0.2) is 9.97 Å².